The molecule has 36 heavy (non-hydrogen) atoms. The highest BCUT2D eigenvalue weighted by Crippen LogP contribution is 2.33. The summed E-state index contributed by atoms with van der Waals surface area (Å²) in [5, 5.41) is 5.26. The molecule has 3 aromatic heterocycles. The van der Waals surface area contributed by atoms with Crippen LogP contribution >= 0.6 is 22.9 Å². The Morgan fingerprint density at radius 2 is 1.92 bits per heavy atom. The Labute approximate surface area is 209 Å². The van der Waals surface area contributed by atoms with Gasteiger partial charge in [0.15, 0.2) is 11.5 Å². The van der Waals surface area contributed by atoms with Crippen molar-refractivity contribution in [3.05, 3.63) is 75.1 Å². The Balaban J connectivity index is 1.45. The molecule has 4 aromatic rings. The molecule has 186 valence electrons. The molecular formula is C21H14ClF4N7O2S. The number of hydrogen-bond donors (Lipinski definition) is 3. The first-order valence-corrected chi connectivity index (χ1v) is 11.2. The zero-order valence-electron chi connectivity index (χ0n) is 18.0. The van der Waals surface area contributed by atoms with Gasteiger partial charge in [-0.2, -0.15) is 13.2 Å². The van der Waals surface area contributed by atoms with Crippen LogP contribution in [0.5, 0.6) is 0 Å². The molecule has 15 heteroatoms. The number of aromatic nitrogens is 5. The maximum absolute atomic E-state index is 13.5. The third-order valence-electron chi connectivity index (χ3n) is 4.72. The number of alkyl halides is 3. The van der Waals surface area contributed by atoms with E-state index in [2.05, 4.69) is 35.6 Å². The predicted molar refractivity (Wildman–Crippen MR) is 122 cm³/mol. The molecule has 0 aliphatic heterocycles. The van der Waals surface area contributed by atoms with E-state index in [1.807, 2.05) is 0 Å². The van der Waals surface area contributed by atoms with E-state index < -0.39 is 35.4 Å². The van der Waals surface area contributed by atoms with E-state index in [1.165, 1.54) is 12.4 Å². The smallest absolute Gasteiger partial charge is 0.343 e. The van der Waals surface area contributed by atoms with Crippen LogP contribution in [0.1, 0.15) is 43.7 Å². The largest absolute Gasteiger partial charge is 0.419 e. The van der Waals surface area contributed by atoms with Crippen LogP contribution in [-0.2, 0) is 6.18 Å². The number of thiazole rings is 1. The van der Waals surface area contributed by atoms with E-state index in [1.54, 1.807) is 13.1 Å². The average molecular weight is 540 g/mol. The molecule has 0 aliphatic carbocycles. The zero-order chi connectivity index (χ0) is 26.0. The number of rotatable bonds is 6. The van der Waals surface area contributed by atoms with Crippen LogP contribution < -0.4 is 10.6 Å². The zero-order valence-corrected chi connectivity index (χ0v) is 19.6. The Bertz CT molecular complexity index is 1430. The summed E-state index contributed by atoms with van der Waals surface area (Å²) in [5.41, 5.74) is -1.61. The third kappa shape index (κ3) is 5.33. The monoisotopic (exact) mass is 539 g/mol. The van der Waals surface area contributed by atoms with E-state index in [0.717, 1.165) is 23.7 Å². The molecule has 4 rings (SSSR count). The standard InChI is InChI=1S/C21H14ClF4N7O2S/c1-9(32-19(35)16-14(22)15(30-8-31-16)17-27-4-5-28-17)20-29-7-13(36-20)18(34)33-10-2-3-12(23)11(6-10)21(24,25)26/h2-9H,1H3,(H,27,28)(H,32,35)(H,33,34). The van der Waals surface area contributed by atoms with Gasteiger partial charge >= 0.3 is 6.18 Å². The van der Waals surface area contributed by atoms with Crippen molar-refractivity contribution < 1.29 is 27.2 Å². The fourth-order valence-electron chi connectivity index (χ4n) is 3.02. The normalized spacial score (nSPS) is 12.3. The van der Waals surface area contributed by atoms with E-state index in [0.29, 0.717) is 23.0 Å². The first-order valence-electron chi connectivity index (χ1n) is 9.99. The highest BCUT2D eigenvalue weighted by Gasteiger charge is 2.34. The van der Waals surface area contributed by atoms with Crippen molar-refractivity contribution >= 4 is 40.4 Å². The molecular weight excluding hydrogens is 526 g/mol. The number of benzene rings is 1. The van der Waals surface area contributed by atoms with E-state index in [9.17, 15) is 27.2 Å². The molecule has 0 saturated carbocycles. The number of hydrogen-bond acceptors (Lipinski definition) is 7. The minimum absolute atomic E-state index is 0.0196. The fourth-order valence-corrected chi connectivity index (χ4v) is 4.11. The summed E-state index contributed by atoms with van der Waals surface area (Å²) in [7, 11) is 0. The van der Waals surface area contributed by atoms with Crippen molar-refractivity contribution in [1.29, 1.82) is 0 Å². The summed E-state index contributed by atoms with van der Waals surface area (Å²) in [6.07, 6.45) is 0.517. The minimum atomic E-state index is -4.92. The summed E-state index contributed by atoms with van der Waals surface area (Å²) in [4.78, 5) is 44.2. The maximum atomic E-state index is 13.5. The van der Waals surface area contributed by atoms with E-state index in [4.69, 9.17) is 11.6 Å². The van der Waals surface area contributed by atoms with Crippen LogP contribution in [0.25, 0.3) is 11.5 Å². The molecule has 2 amide bonds. The second-order valence-electron chi connectivity index (χ2n) is 7.23. The summed E-state index contributed by atoms with van der Waals surface area (Å²) in [6, 6.07) is 1.45. The van der Waals surface area contributed by atoms with Crippen LogP contribution in [0.3, 0.4) is 0 Å². The third-order valence-corrected chi connectivity index (χ3v) is 6.26. The summed E-state index contributed by atoms with van der Waals surface area (Å²) < 4.78 is 52.2. The Kier molecular flexibility index (Phi) is 6.99. The van der Waals surface area contributed by atoms with E-state index >= 15 is 0 Å². The lowest BCUT2D eigenvalue weighted by atomic mass is 10.2. The Morgan fingerprint density at radius 3 is 2.61 bits per heavy atom. The lowest BCUT2D eigenvalue weighted by Gasteiger charge is -2.12. The highest BCUT2D eigenvalue weighted by atomic mass is 35.5. The van der Waals surface area contributed by atoms with Gasteiger partial charge in [0.05, 0.1) is 17.8 Å². The molecule has 3 N–H and O–H groups in total. The van der Waals surface area contributed by atoms with Gasteiger partial charge in [0.2, 0.25) is 0 Å². The van der Waals surface area contributed by atoms with Gasteiger partial charge in [0, 0.05) is 18.1 Å². The number of carbonyl (C=O) groups excluding carboxylic acids is 2. The van der Waals surface area contributed by atoms with Crippen LogP contribution in [-0.4, -0.2) is 36.7 Å². The second kappa shape index (κ2) is 9.99. The first-order chi connectivity index (χ1) is 17.0. The number of halogens is 5. The van der Waals surface area contributed by atoms with Crippen molar-refractivity contribution in [1.82, 2.24) is 30.2 Å². The van der Waals surface area contributed by atoms with Crippen molar-refractivity contribution in [3.8, 4) is 11.5 Å². The molecule has 0 aliphatic rings. The number of H-pyrrole nitrogens is 1. The van der Waals surface area contributed by atoms with Gasteiger partial charge in [-0.3, -0.25) is 9.59 Å². The van der Waals surface area contributed by atoms with Gasteiger partial charge in [-0.25, -0.2) is 24.3 Å². The van der Waals surface area contributed by atoms with Gasteiger partial charge in [0.25, 0.3) is 11.8 Å². The molecule has 3 heterocycles. The molecule has 1 atom stereocenters. The number of amides is 2. The molecule has 0 fully saturated rings. The predicted octanol–water partition coefficient (Wildman–Crippen LogP) is 4.88. The van der Waals surface area contributed by atoms with Gasteiger partial charge in [-0.05, 0) is 25.1 Å². The lowest BCUT2D eigenvalue weighted by molar-refractivity contribution is -0.139. The van der Waals surface area contributed by atoms with Gasteiger partial charge in [-0.1, -0.05) is 11.6 Å². The minimum Gasteiger partial charge on any atom is -0.343 e. The maximum Gasteiger partial charge on any atom is 0.419 e. The second-order valence-corrected chi connectivity index (χ2v) is 8.67. The first kappa shape index (κ1) is 25.2. The molecule has 0 radical (unpaired) electrons. The highest BCUT2D eigenvalue weighted by molar-refractivity contribution is 7.13. The fraction of sp³-hybridized carbons (Fsp3) is 0.143. The van der Waals surface area contributed by atoms with Gasteiger partial charge in [-0.15, -0.1) is 11.3 Å². The number of carbonyl (C=O) groups is 2. The summed E-state index contributed by atoms with van der Waals surface area (Å²) >= 11 is 7.20. The topological polar surface area (TPSA) is 126 Å². The Hall–Kier alpha value is -3.91. The van der Waals surface area contributed by atoms with Crippen LogP contribution in [0.2, 0.25) is 5.02 Å². The van der Waals surface area contributed by atoms with E-state index in [-0.39, 0.29) is 27.0 Å². The van der Waals surface area contributed by atoms with Crippen LogP contribution in [0.4, 0.5) is 23.2 Å². The number of aromatic amines is 1. The van der Waals surface area contributed by atoms with Gasteiger partial charge in [0.1, 0.15) is 32.7 Å². The SMILES string of the molecule is CC(NC(=O)c1ncnc(-c2ncc[nH]2)c1Cl)c1ncc(C(=O)Nc2ccc(F)c(C(F)(F)F)c2)s1. The molecule has 0 spiro atoms. The number of anilines is 1. The summed E-state index contributed by atoms with van der Waals surface area (Å²) in [6.45, 7) is 1.61. The molecule has 0 bridgehead atoms. The van der Waals surface area contributed by atoms with Crippen LogP contribution in [0, 0.1) is 5.82 Å². The molecule has 1 unspecified atom stereocenters. The Morgan fingerprint density at radius 1 is 1.14 bits per heavy atom. The average Bonchev–Trinajstić information content (AvgIpc) is 3.52. The van der Waals surface area contributed by atoms with Crippen molar-refractivity contribution in [2.45, 2.75) is 19.1 Å². The van der Waals surface area contributed by atoms with Crippen molar-refractivity contribution in [2.24, 2.45) is 0 Å². The quantitative estimate of drug-likeness (QED) is 0.300. The molecule has 0 saturated heterocycles. The van der Waals surface area contributed by atoms with Crippen molar-refractivity contribution in [2.75, 3.05) is 5.32 Å². The lowest BCUT2D eigenvalue weighted by Crippen LogP contribution is -2.28. The number of nitrogens with zero attached hydrogens (tertiary/aromatic N) is 4. The van der Waals surface area contributed by atoms with Crippen LogP contribution in [0.15, 0.2) is 43.1 Å². The molecule has 9 nitrogen and oxygen atoms in total. The molecule has 1 aromatic carbocycles. The number of imidazole rings is 1. The number of nitrogens with one attached hydrogen (secondary N) is 3. The van der Waals surface area contributed by atoms with Crippen molar-refractivity contribution in [3.63, 3.8) is 0 Å². The van der Waals surface area contributed by atoms with Gasteiger partial charge < -0.3 is 15.6 Å². The summed E-state index contributed by atoms with van der Waals surface area (Å²) in [5.74, 6) is -2.48.